The minimum atomic E-state index is 0.291. The van der Waals surface area contributed by atoms with Gasteiger partial charge in [-0.05, 0) is 23.1 Å². The molecule has 0 aliphatic rings. The van der Waals surface area contributed by atoms with Crippen molar-refractivity contribution in [1.29, 1.82) is 0 Å². The van der Waals surface area contributed by atoms with Crippen molar-refractivity contribution in [2.75, 3.05) is 0 Å². The van der Waals surface area contributed by atoms with E-state index in [0.29, 0.717) is 4.83 Å². The van der Waals surface area contributed by atoms with Crippen molar-refractivity contribution in [3.8, 4) is 0 Å². The Bertz CT molecular complexity index is 445. The van der Waals surface area contributed by atoms with Crippen LogP contribution in [0.2, 0.25) is 0 Å². The zero-order valence-corrected chi connectivity index (χ0v) is 11.7. The van der Waals surface area contributed by atoms with Crippen molar-refractivity contribution in [2.45, 2.75) is 24.6 Å². The summed E-state index contributed by atoms with van der Waals surface area (Å²) < 4.78 is 0. The lowest BCUT2D eigenvalue weighted by atomic mass is 10.0. The maximum Gasteiger partial charge on any atom is 0.0644 e. The quantitative estimate of drug-likeness (QED) is 0.685. The van der Waals surface area contributed by atoms with Crippen LogP contribution in [0.1, 0.15) is 34.9 Å². The monoisotopic (exact) mass is 288 g/mol. The van der Waals surface area contributed by atoms with Crippen molar-refractivity contribution in [3.05, 3.63) is 71.3 Å². The summed E-state index contributed by atoms with van der Waals surface area (Å²) in [6.45, 7) is 2.21. The molecule has 0 amide bonds. The second-order valence-electron chi connectivity index (χ2n) is 4.26. The minimum Gasteiger partial charge on any atom is -0.0786 e. The van der Waals surface area contributed by atoms with Gasteiger partial charge in [-0.3, -0.25) is 0 Å². The fraction of sp³-hybridized carbons (Fsp3) is 0.250. The molecule has 0 bridgehead atoms. The highest BCUT2D eigenvalue weighted by Gasteiger charge is 2.08. The van der Waals surface area contributed by atoms with E-state index in [9.17, 15) is 0 Å². The van der Waals surface area contributed by atoms with Gasteiger partial charge in [0.05, 0.1) is 4.83 Å². The van der Waals surface area contributed by atoms with E-state index in [1.54, 1.807) is 0 Å². The molecule has 0 nitrogen and oxygen atoms in total. The van der Waals surface area contributed by atoms with Crippen LogP contribution in [-0.2, 0) is 6.42 Å². The molecule has 0 N–H and O–H groups in total. The van der Waals surface area contributed by atoms with Crippen LogP contribution in [0.25, 0.3) is 0 Å². The number of rotatable bonds is 4. The second kappa shape index (κ2) is 6.02. The first-order chi connectivity index (χ1) is 8.31. The van der Waals surface area contributed by atoms with E-state index in [4.69, 9.17) is 0 Å². The predicted octanol–water partition coefficient (Wildman–Crippen LogP) is 5.12. The lowest BCUT2D eigenvalue weighted by molar-refractivity contribution is 0.920. The molecule has 2 aromatic carbocycles. The normalized spacial score (nSPS) is 12.4. The fourth-order valence-corrected chi connectivity index (χ4v) is 2.57. The lowest BCUT2D eigenvalue weighted by Crippen LogP contribution is -1.93. The lowest BCUT2D eigenvalue weighted by Gasteiger charge is -2.11. The Morgan fingerprint density at radius 1 is 0.882 bits per heavy atom. The van der Waals surface area contributed by atoms with Gasteiger partial charge < -0.3 is 0 Å². The first-order valence-corrected chi connectivity index (χ1v) is 7.00. The van der Waals surface area contributed by atoms with Gasteiger partial charge in [-0.25, -0.2) is 0 Å². The molecule has 0 heterocycles. The molecule has 0 aliphatic carbocycles. The van der Waals surface area contributed by atoms with Crippen molar-refractivity contribution in [2.24, 2.45) is 0 Å². The molecule has 2 rings (SSSR count). The summed E-state index contributed by atoms with van der Waals surface area (Å²) in [5, 5.41) is 0. The molecule has 1 atom stereocenters. The molecule has 88 valence electrons. The molecule has 0 aromatic heterocycles. The number of hydrogen-bond donors (Lipinski definition) is 0. The number of aryl methyl sites for hydroxylation is 1. The van der Waals surface area contributed by atoms with Crippen LogP contribution in [0.4, 0.5) is 0 Å². The van der Waals surface area contributed by atoms with Gasteiger partial charge in [0, 0.05) is 0 Å². The second-order valence-corrected chi connectivity index (χ2v) is 5.18. The van der Waals surface area contributed by atoms with Crippen LogP contribution in [0.15, 0.2) is 54.6 Å². The molecule has 0 fully saturated rings. The van der Waals surface area contributed by atoms with Gasteiger partial charge >= 0.3 is 0 Å². The van der Waals surface area contributed by atoms with E-state index in [-0.39, 0.29) is 0 Å². The molecule has 0 aliphatic heterocycles. The largest absolute Gasteiger partial charge is 0.0786 e. The Labute approximate surface area is 112 Å². The molecule has 1 heteroatoms. The van der Waals surface area contributed by atoms with Crippen LogP contribution in [-0.4, -0.2) is 0 Å². The predicted molar refractivity (Wildman–Crippen MR) is 77.6 cm³/mol. The van der Waals surface area contributed by atoms with Gasteiger partial charge in [0.2, 0.25) is 0 Å². The highest BCUT2D eigenvalue weighted by Crippen LogP contribution is 2.30. The van der Waals surface area contributed by atoms with Crippen LogP contribution in [0, 0.1) is 0 Å². The Morgan fingerprint density at radius 2 is 1.47 bits per heavy atom. The van der Waals surface area contributed by atoms with E-state index in [1.165, 1.54) is 29.5 Å². The van der Waals surface area contributed by atoms with Gasteiger partial charge in [-0.2, -0.15) is 0 Å². The minimum absolute atomic E-state index is 0.291. The Morgan fingerprint density at radius 3 is 2.06 bits per heavy atom. The number of hydrogen-bond acceptors (Lipinski definition) is 0. The van der Waals surface area contributed by atoms with Crippen LogP contribution >= 0.6 is 15.9 Å². The molecular weight excluding hydrogens is 272 g/mol. The summed E-state index contributed by atoms with van der Waals surface area (Å²) in [6, 6.07) is 19.4. The van der Waals surface area contributed by atoms with E-state index < -0.39 is 0 Å². The first-order valence-electron chi connectivity index (χ1n) is 6.09. The maximum atomic E-state index is 3.76. The average Bonchev–Trinajstić information content (AvgIpc) is 2.40. The molecule has 17 heavy (non-hydrogen) atoms. The number of halogens is 1. The maximum absolute atomic E-state index is 3.76. The van der Waals surface area contributed by atoms with Gasteiger partial charge in [0.1, 0.15) is 0 Å². The smallest absolute Gasteiger partial charge is 0.0644 e. The molecule has 0 saturated carbocycles. The van der Waals surface area contributed by atoms with Gasteiger partial charge in [-0.15, -0.1) is 0 Å². The summed E-state index contributed by atoms with van der Waals surface area (Å²) in [4.78, 5) is 0.291. The van der Waals surface area contributed by atoms with Gasteiger partial charge in [-0.1, -0.05) is 83.9 Å². The number of alkyl halides is 1. The van der Waals surface area contributed by atoms with Crippen molar-refractivity contribution in [1.82, 2.24) is 0 Å². The molecular formula is C16H17Br. The van der Waals surface area contributed by atoms with Crippen molar-refractivity contribution < 1.29 is 0 Å². The van der Waals surface area contributed by atoms with E-state index >= 15 is 0 Å². The van der Waals surface area contributed by atoms with Gasteiger partial charge in [0.25, 0.3) is 0 Å². The summed E-state index contributed by atoms with van der Waals surface area (Å²) in [7, 11) is 0. The summed E-state index contributed by atoms with van der Waals surface area (Å²) in [5.41, 5.74) is 4.04. The zero-order valence-electron chi connectivity index (χ0n) is 10.1. The molecule has 2 aromatic rings. The zero-order chi connectivity index (χ0) is 12.1. The highest BCUT2D eigenvalue weighted by molar-refractivity contribution is 9.09. The first kappa shape index (κ1) is 12.4. The third-order valence-electron chi connectivity index (χ3n) is 2.90. The van der Waals surface area contributed by atoms with E-state index in [1.807, 2.05) is 6.07 Å². The third kappa shape index (κ3) is 3.19. The Balaban J connectivity index is 2.17. The van der Waals surface area contributed by atoms with Crippen LogP contribution in [0.5, 0.6) is 0 Å². The van der Waals surface area contributed by atoms with Crippen LogP contribution in [0.3, 0.4) is 0 Å². The fourth-order valence-electron chi connectivity index (χ4n) is 1.96. The molecule has 0 radical (unpaired) electrons. The van der Waals surface area contributed by atoms with Crippen LogP contribution < -0.4 is 0 Å². The van der Waals surface area contributed by atoms with Gasteiger partial charge in [0.15, 0.2) is 0 Å². The summed E-state index contributed by atoms with van der Waals surface area (Å²) >= 11 is 3.76. The molecule has 0 saturated heterocycles. The highest BCUT2D eigenvalue weighted by atomic mass is 79.9. The number of benzene rings is 2. The Hall–Kier alpha value is -1.08. The van der Waals surface area contributed by atoms with E-state index in [0.717, 1.165) is 0 Å². The summed E-state index contributed by atoms with van der Waals surface area (Å²) in [6.07, 6.45) is 2.37. The standard InChI is InChI=1S/C16H17Br/c1-2-6-13-9-11-15(12-10-13)16(17)14-7-4-3-5-8-14/h3-5,7-12,16H,2,6H2,1H3. The molecule has 1 unspecified atom stereocenters. The average molecular weight is 289 g/mol. The SMILES string of the molecule is CCCc1ccc(C(Br)c2ccccc2)cc1. The topological polar surface area (TPSA) is 0 Å². The Kier molecular flexibility index (Phi) is 4.38. The third-order valence-corrected chi connectivity index (χ3v) is 3.96. The molecule has 0 spiro atoms. The van der Waals surface area contributed by atoms with Crippen molar-refractivity contribution >= 4 is 15.9 Å². The van der Waals surface area contributed by atoms with Crippen molar-refractivity contribution in [3.63, 3.8) is 0 Å². The summed E-state index contributed by atoms with van der Waals surface area (Å²) in [5.74, 6) is 0. The van der Waals surface area contributed by atoms with E-state index in [2.05, 4.69) is 71.4 Å².